The second kappa shape index (κ2) is 7.59. The van der Waals surface area contributed by atoms with E-state index in [2.05, 4.69) is 29.1 Å². The summed E-state index contributed by atoms with van der Waals surface area (Å²) >= 11 is 0. The summed E-state index contributed by atoms with van der Waals surface area (Å²) in [7, 11) is 1.64. The lowest BCUT2D eigenvalue weighted by Gasteiger charge is -2.23. The van der Waals surface area contributed by atoms with Crippen LogP contribution in [0, 0.1) is 5.92 Å². The zero-order chi connectivity index (χ0) is 18.7. The molecule has 0 spiro atoms. The average Bonchev–Trinajstić information content (AvgIpc) is 3.04. The highest BCUT2D eigenvalue weighted by Gasteiger charge is 2.37. The van der Waals surface area contributed by atoms with Gasteiger partial charge in [0.15, 0.2) is 0 Å². The van der Waals surface area contributed by atoms with Crippen molar-refractivity contribution in [2.24, 2.45) is 5.92 Å². The van der Waals surface area contributed by atoms with Gasteiger partial charge in [-0.15, -0.1) is 0 Å². The molecule has 1 fully saturated rings. The van der Waals surface area contributed by atoms with Crippen LogP contribution in [-0.2, 0) is 4.74 Å². The number of aromatic nitrogens is 2. The molecular weight excluding hydrogens is 332 g/mol. The van der Waals surface area contributed by atoms with Gasteiger partial charge >= 0.3 is 6.09 Å². The van der Waals surface area contributed by atoms with Gasteiger partial charge in [0.1, 0.15) is 18.2 Å². The van der Waals surface area contributed by atoms with Gasteiger partial charge < -0.3 is 14.8 Å². The molecule has 0 bridgehead atoms. The minimum Gasteiger partial charge on any atom is -0.497 e. The third kappa shape index (κ3) is 3.71. The highest BCUT2D eigenvalue weighted by molar-refractivity contribution is 5.89. The summed E-state index contributed by atoms with van der Waals surface area (Å²) in [5, 5.41) is 3.28. The van der Waals surface area contributed by atoms with Gasteiger partial charge in [-0.2, -0.15) is 4.98 Å². The highest BCUT2D eigenvalue weighted by atomic mass is 16.6. The van der Waals surface area contributed by atoms with E-state index in [1.165, 1.54) is 0 Å². The van der Waals surface area contributed by atoms with Crippen LogP contribution in [0.2, 0.25) is 0 Å². The summed E-state index contributed by atoms with van der Waals surface area (Å²) < 4.78 is 10.4. The predicted molar refractivity (Wildman–Crippen MR) is 99.5 cm³/mol. The Hall–Kier alpha value is -2.83. The quantitative estimate of drug-likeness (QED) is 0.851. The number of ether oxygens (including phenoxy) is 2. The Morgan fingerprint density at radius 1 is 1.23 bits per heavy atom. The van der Waals surface area contributed by atoms with E-state index in [0.717, 1.165) is 11.3 Å². The van der Waals surface area contributed by atoms with Crippen LogP contribution in [0.4, 0.5) is 16.6 Å². The molecule has 7 nitrogen and oxygen atoms in total. The minimum absolute atomic E-state index is 0.00239. The van der Waals surface area contributed by atoms with E-state index >= 15 is 0 Å². The molecule has 0 aliphatic carbocycles. The van der Waals surface area contributed by atoms with E-state index in [9.17, 15) is 4.79 Å². The zero-order valence-electron chi connectivity index (χ0n) is 15.5. The van der Waals surface area contributed by atoms with Crippen LogP contribution in [0.1, 0.15) is 32.4 Å². The van der Waals surface area contributed by atoms with Crippen LogP contribution in [-0.4, -0.2) is 35.8 Å². The molecule has 3 rings (SSSR count). The van der Waals surface area contributed by atoms with Crippen LogP contribution >= 0.6 is 0 Å². The number of amides is 1. The molecule has 0 saturated carbocycles. The van der Waals surface area contributed by atoms with Gasteiger partial charge in [0.25, 0.3) is 0 Å². The van der Waals surface area contributed by atoms with Gasteiger partial charge in [-0.3, -0.25) is 4.90 Å². The van der Waals surface area contributed by atoms with E-state index < -0.39 is 0 Å². The molecule has 2 heterocycles. The van der Waals surface area contributed by atoms with Gasteiger partial charge in [-0.05, 0) is 36.6 Å². The number of carbonyl (C=O) groups excluding carboxylic acids is 1. The molecule has 1 aromatic heterocycles. The molecule has 1 aromatic carbocycles. The summed E-state index contributed by atoms with van der Waals surface area (Å²) in [6, 6.07) is 9.52. The van der Waals surface area contributed by atoms with Crippen LogP contribution < -0.4 is 15.0 Å². The monoisotopic (exact) mass is 356 g/mol. The number of methoxy groups -OCH3 is 1. The molecule has 1 aliphatic rings. The van der Waals surface area contributed by atoms with E-state index in [-0.39, 0.29) is 24.1 Å². The first-order valence-corrected chi connectivity index (χ1v) is 8.69. The number of benzene rings is 1. The number of rotatable bonds is 6. The topological polar surface area (TPSA) is 76.6 Å². The van der Waals surface area contributed by atoms with Crippen molar-refractivity contribution in [3.8, 4) is 5.75 Å². The molecule has 2 aromatic rings. The number of hydrogen-bond acceptors (Lipinski definition) is 6. The summed E-state index contributed by atoms with van der Waals surface area (Å²) in [6.07, 6.45) is 1.28. The highest BCUT2D eigenvalue weighted by Crippen LogP contribution is 2.27. The SMILES string of the molecule is COc1ccc([C@H](C)Nc2nccc(N3C(=O)OC[C@@H]3C(C)C)n2)cc1. The summed E-state index contributed by atoms with van der Waals surface area (Å²) in [6.45, 7) is 6.53. The second-order valence-corrected chi connectivity index (χ2v) is 6.64. The van der Waals surface area contributed by atoms with Crippen molar-refractivity contribution in [2.75, 3.05) is 23.9 Å². The number of cyclic esters (lactones) is 1. The second-order valence-electron chi connectivity index (χ2n) is 6.64. The van der Waals surface area contributed by atoms with Crippen LogP contribution in [0.25, 0.3) is 0 Å². The largest absolute Gasteiger partial charge is 0.497 e. The maximum absolute atomic E-state index is 12.1. The average molecular weight is 356 g/mol. The van der Waals surface area contributed by atoms with E-state index in [1.807, 2.05) is 31.2 Å². The number of nitrogens with one attached hydrogen (secondary N) is 1. The zero-order valence-corrected chi connectivity index (χ0v) is 15.5. The Morgan fingerprint density at radius 2 is 1.96 bits per heavy atom. The fourth-order valence-electron chi connectivity index (χ4n) is 2.91. The van der Waals surface area contributed by atoms with Gasteiger partial charge in [0, 0.05) is 6.20 Å². The number of nitrogens with zero attached hydrogens (tertiary/aromatic N) is 3. The molecule has 1 saturated heterocycles. The summed E-state index contributed by atoms with van der Waals surface area (Å²) in [5.41, 5.74) is 1.08. The third-order valence-electron chi connectivity index (χ3n) is 4.52. The van der Waals surface area contributed by atoms with Gasteiger partial charge in [-0.25, -0.2) is 9.78 Å². The summed E-state index contributed by atoms with van der Waals surface area (Å²) in [5.74, 6) is 2.09. The van der Waals surface area contributed by atoms with Crippen molar-refractivity contribution in [1.82, 2.24) is 9.97 Å². The normalized spacial score (nSPS) is 18.0. The fraction of sp³-hybridized carbons (Fsp3) is 0.421. The van der Waals surface area contributed by atoms with Gasteiger partial charge in [-0.1, -0.05) is 26.0 Å². The first kappa shape index (κ1) is 18.0. The van der Waals surface area contributed by atoms with Crippen LogP contribution in [0.3, 0.4) is 0 Å². The van der Waals surface area contributed by atoms with Crippen molar-refractivity contribution in [3.63, 3.8) is 0 Å². The van der Waals surface area contributed by atoms with E-state index in [1.54, 1.807) is 24.3 Å². The minimum atomic E-state index is -0.364. The lowest BCUT2D eigenvalue weighted by atomic mass is 10.0. The van der Waals surface area contributed by atoms with Crippen molar-refractivity contribution >= 4 is 17.9 Å². The van der Waals surface area contributed by atoms with Crippen LogP contribution in [0.15, 0.2) is 36.5 Å². The van der Waals surface area contributed by atoms with E-state index in [0.29, 0.717) is 18.4 Å². The first-order chi connectivity index (χ1) is 12.5. The van der Waals surface area contributed by atoms with Crippen molar-refractivity contribution < 1.29 is 14.3 Å². The molecule has 0 unspecified atom stereocenters. The lowest BCUT2D eigenvalue weighted by Crippen LogP contribution is -2.37. The Labute approximate surface area is 153 Å². The Bertz CT molecular complexity index is 764. The Morgan fingerprint density at radius 3 is 2.62 bits per heavy atom. The lowest BCUT2D eigenvalue weighted by molar-refractivity contribution is 0.177. The van der Waals surface area contributed by atoms with Crippen molar-refractivity contribution in [2.45, 2.75) is 32.9 Å². The molecule has 1 N–H and O–H groups in total. The predicted octanol–water partition coefficient (Wildman–Crippen LogP) is 3.64. The third-order valence-corrected chi connectivity index (χ3v) is 4.52. The molecule has 1 aliphatic heterocycles. The molecule has 0 radical (unpaired) electrons. The fourth-order valence-corrected chi connectivity index (χ4v) is 2.91. The Kier molecular flexibility index (Phi) is 5.25. The van der Waals surface area contributed by atoms with Crippen molar-refractivity contribution in [3.05, 3.63) is 42.1 Å². The Balaban J connectivity index is 1.77. The molecule has 2 atom stereocenters. The maximum Gasteiger partial charge on any atom is 0.415 e. The standard InChI is InChI=1S/C19H24N4O3/c1-12(2)16-11-26-19(24)23(16)17-9-10-20-18(22-17)21-13(3)14-5-7-15(25-4)8-6-14/h5-10,12-13,16H,11H2,1-4H3,(H,20,21,22)/t13-,16+/m0/s1. The van der Waals surface area contributed by atoms with Gasteiger partial charge in [0.05, 0.1) is 19.2 Å². The van der Waals surface area contributed by atoms with Crippen molar-refractivity contribution in [1.29, 1.82) is 0 Å². The van der Waals surface area contributed by atoms with Gasteiger partial charge in [0.2, 0.25) is 5.95 Å². The molecule has 138 valence electrons. The maximum atomic E-state index is 12.1. The molecule has 7 heteroatoms. The molecular formula is C19H24N4O3. The first-order valence-electron chi connectivity index (χ1n) is 8.69. The van der Waals surface area contributed by atoms with E-state index in [4.69, 9.17) is 9.47 Å². The summed E-state index contributed by atoms with van der Waals surface area (Å²) in [4.78, 5) is 22.5. The molecule has 1 amide bonds. The van der Waals surface area contributed by atoms with Crippen LogP contribution in [0.5, 0.6) is 5.75 Å². The number of carbonyl (C=O) groups is 1. The molecule has 26 heavy (non-hydrogen) atoms. The smallest absolute Gasteiger partial charge is 0.415 e. The number of anilines is 2. The number of hydrogen-bond donors (Lipinski definition) is 1.